The van der Waals surface area contributed by atoms with E-state index in [0.29, 0.717) is 11.3 Å². The lowest BCUT2D eigenvalue weighted by molar-refractivity contribution is -0.118. The lowest BCUT2D eigenvalue weighted by Crippen LogP contribution is -2.40. The van der Waals surface area contributed by atoms with Gasteiger partial charge in [0.15, 0.2) is 0 Å². The van der Waals surface area contributed by atoms with Crippen molar-refractivity contribution in [3.63, 3.8) is 0 Å². The summed E-state index contributed by atoms with van der Waals surface area (Å²) in [5.41, 5.74) is 5.70. The Kier molecular flexibility index (Phi) is 5.25. The Hall–Kier alpha value is -2.93. The van der Waals surface area contributed by atoms with Crippen molar-refractivity contribution in [1.29, 1.82) is 0 Å². The molecule has 1 aliphatic rings. The van der Waals surface area contributed by atoms with Crippen LogP contribution in [-0.2, 0) is 9.59 Å². The van der Waals surface area contributed by atoms with Gasteiger partial charge in [0, 0.05) is 28.1 Å². The third-order valence-electron chi connectivity index (χ3n) is 3.60. The molecule has 0 aliphatic heterocycles. The Morgan fingerprint density at radius 3 is 2.44 bits per heavy atom. The first-order chi connectivity index (χ1) is 12.1. The van der Waals surface area contributed by atoms with E-state index in [1.54, 1.807) is 30.3 Å². The monoisotopic (exact) mass is 355 g/mol. The smallest absolute Gasteiger partial charge is 0.269 e. The van der Waals surface area contributed by atoms with Crippen LogP contribution in [0.4, 0.5) is 5.69 Å². The third-order valence-corrected chi connectivity index (χ3v) is 4.44. The fourth-order valence-electron chi connectivity index (χ4n) is 2.07. The molecule has 1 aliphatic carbocycles. The highest BCUT2D eigenvalue weighted by Crippen LogP contribution is 2.30. The van der Waals surface area contributed by atoms with Gasteiger partial charge in [-0.05, 0) is 54.6 Å². The van der Waals surface area contributed by atoms with Crippen molar-refractivity contribution in [2.45, 2.75) is 12.8 Å². The van der Waals surface area contributed by atoms with Gasteiger partial charge in [0.05, 0.1) is 0 Å². The summed E-state index contributed by atoms with van der Waals surface area (Å²) in [7, 11) is 0. The molecule has 1 saturated carbocycles. The van der Waals surface area contributed by atoms with E-state index >= 15 is 0 Å². The molecule has 1 heterocycles. The van der Waals surface area contributed by atoms with Crippen molar-refractivity contribution in [3.05, 3.63) is 58.3 Å². The van der Waals surface area contributed by atoms with Crippen molar-refractivity contribution >= 4 is 40.8 Å². The Labute approximate surface area is 148 Å². The van der Waals surface area contributed by atoms with Gasteiger partial charge in [0.1, 0.15) is 0 Å². The predicted molar refractivity (Wildman–Crippen MR) is 96.8 cm³/mol. The maximum Gasteiger partial charge on any atom is 0.269 e. The summed E-state index contributed by atoms with van der Waals surface area (Å²) in [6, 6.07) is 10.3. The molecule has 0 bridgehead atoms. The zero-order chi connectivity index (χ0) is 17.6. The van der Waals surface area contributed by atoms with Gasteiger partial charge in [-0.2, -0.15) is 0 Å². The zero-order valence-corrected chi connectivity index (χ0v) is 14.1. The Bertz CT molecular complexity index is 793. The Morgan fingerprint density at radius 2 is 1.80 bits per heavy atom. The normalized spacial score (nSPS) is 13.4. The lowest BCUT2D eigenvalue weighted by atomic mass is 10.2. The lowest BCUT2D eigenvalue weighted by Gasteiger charge is -2.07. The molecule has 1 aromatic heterocycles. The van der Waals surface area contributed by atoms with E-state index in [2.05, 4.69) is 16.2 Å². The summed E-state index contributed by atoms with van der Waals surface area (Å²) in [5.74, 6) is -0.713. The summed E-state index contributed by atoms with van der Waals surface area (Å²) >= 11 is 1.51. The van der Waals surface area contributed by atoms with Crippen molar-refractivity contribution in [2.24, 2.45) is 5.92 Å². The molecule has 3 N–H and O–H groups in total. The highest BCUT2D eigenvalue weighted by atomic mass is 32.1. The molecule has 6 nitrogen and oxygen atoms in total. The number of carbonyl (C=O) groups is 3. The predicted octanol–water partition coefficient (Wildman–Crippen LogP) is 2.57. The van der Waals surface area contributed by atoms with Crippen LogP contribution >= 0.6 is 11.3 Å². The molecule has 25 heavy (non-hydrogen) atoms. The van der Waals surface area contributed by atoms with Crippen LogP contribution in [0.2, 0.25) is 0 Å². The third kappa shape index (κ3) is 5.02. The van der Waals surface area contributed by atoms with Gasteiger partial charge in [-0.3, -0.25) is 25.2 Å². The molecule has 0 saturated heterocycles. The Morgan fingerprint density at radius 1 is 1.04 bits per heavy atom. The largest absolute Gasteiger partial charge is 0.326 e. The van der Waals surface area contributed by atoms with Crippen molar-refractivity contribution in [1.82, 2.24) is 10.9 Å². The summed E-state index contributed by atoms with van der Waals surface area (Å²) in [6.07, 6.45) is 4.89. The highest BCUT2D eigenvalue weighted by molar-refractivity contribution is 7.10. The van der Waals surface area contributed by atoms with Crippen LogP contribution < -0.4 is 16.2 Å². The van der Waals surface area contributed by atoms with E-state index in [9.17, 15) is 14.4 Å². The molecule has 1 aromatic carbocycles. The van der Waals surface area contributed by atoms with Gasteiger partial charge in [0.25, 0.3) is 11.8 Å². The SMILES string of the molecule is O=C(C=Cc1cccs1)NNC(=O)c1ccc(NC(=O)C2CC2)cc1. The van der Waals surface area contributed by atoms with Gasteiger partial charge in [0.2, 0.25) is 5.91 Å². The molecule has 1 fully saturated rings. The fourth-order valence-corrected chi connectivity index (χ4v) is 2.69. The van der Waals surface area contributed by atoms with E-state index in [-0.39, 0.29) is 11.8 Å². The first-order valence-corrected chi connectivity index (χ1v) is 8.72. The molecule has 0 unspecified atom stereocenters. The van der Waals surface area contributed by atoms with Crippen LogP contribution in [0.25, 0.3) is 6.08 Å². The number of amides is 3. The average molecular weight is 355 g/mol. The number of thiophene rings is 1. The number of hydrogen-bond donors (Lipinski definition) is 3. The van der Waals surface area contributed by atoms with Gasteiger partial charge < -0.3 is 5.32 Å². The molecule has 0 atom stereocenters. The molecular weight excluding hydrogens is 338 g/mol. The van der Waals surface area contributed by atoms with Crippen LogP contribution in [-0.4, -0.2) is 17.7 Å². The van der Waals surface area contributed by atoms with Gasteiger partial charge >= 0.3 is 0 Å². The number of hydrogen-bond acceptors (Lipinski definition) is 4. The Balaban J connectivity index is 1.47. The van der Waals surface area contributed by atoms with Gasteiger partial charge in [-0.15, -0.1) is 11.3 Å². The van der Waals surface area contributed by atoms with Crippen molar-refractivity contribution in [2.75, 3.05) is 5.32 Å². The van der Waals surface area contributed by atoms with E-state index in [1.165, 1.54) is 17.4 Å². The standard InChI is InChI=1S/C18H17N3O3S/c22-16(10-9-15-2-1-11-25-15)20-21-18(24)13-5-7-14(8-6-13)19-17(23)12-3-4-12/h1-2,5-12H,3-4H2,(H,19,23)(H,20,22)(H,21,24). The number of nitrogens with one attached hydrogen (secondary N) is 3. The number of hydrazine groups is 1. The summed E-state index contributed by atoms with van der Waals surface area (Å²) in [6.45, 7) is 0. The molecule has 128 valence electrons. The number of rotatable bonds is 5. The topological polar surface area (TPSA) is 87.3 Å². The minimum atomic E-state index is -0.432. The number of carbonyl (C=O) groups excluding carboxylic acids is 3. The number of anilines is 1. The summed E-state index contributed by atoms with van der Waals surface area (Å²) in [4.78, 5) is 36.3. The zero-order valence-electron chi connectivity index (χ0n) is 13.3. The fraction of sp³-hybridized carbons (Fsp3) is 0.167. The maximum atomic E-state index is 12.0. The molecule has 0 spiro atoms. The molecule has 2 aromatic rings. The quantitative estimate of drug-likeness (QED) is 0.569. The van der Waals surface area contributed by atoms with Crippen LogP contribution in [0.3, 0.4) is 0 Å². The summed E-state index contributed by atoms with van der Waals surface area (Å²) < 4.78 is 0. The summed E-state index contributed by atoms with van der Waals surface area (Å²) in [5, 5.41) is 4.71. The molecule has 0 radical (unpaired) electrons. The highest BCUT2D eigenvalue weighted by Gasteiger charge is 2.29. The van der Waals surface area contributed by atoms with Crippen LogP contribution in [0.5, 0.6) is 0 Å². The minimum absolute atomic E-state index is 0.0157. The van der Waals surface area contributed by atoms with Crippen LogP contribution in [0, 0.1) is 5.92 Å². The van der Waals surface area contributed by atoms with E-state index in [0.717, 1.165) is 17.7 Å². The first-order valence-electron chi connectivity index (χ1n) is 7.84. The van der Waals surface area contributed by atoms with Crippen molar-refractivity contribution in [3.8, 4) is 0 Å². The van der Waals surface area contributed by atoms with Crippen LogP contribution in [0.1, 0.15) is 28.1 Å². The molecule has 3 amide bonds. The molecular formula is C18H17N3O3S. The van der Waals surface area contributed by atoms with E-state index < -0.39 is 11.8 Å². The number of benzene rings is 1. The van der Waals surface area contributed by atoms with Crippen LogP contribution in [0.15, 0.2) is 47.9 Å². The second kappa shape index (κ2) is 7.76. The van der Waals surface area contributed by atoms with Gasteiger partial charge in [-0.1, -0.05) is 6.07 Å². The van der Waals surface area contributed by atoms with E-state index in [4.69, 9.17) is 0 Å². The van der Waals surface area contributed by atoms with Gasteiger partial charge in [-0.25, -0.2) is 0 Å². The first kappa shape index (κ1) is 16.9. The molecule has 7 heteroatoms. The second-order valence-corrected chi connectivity index (χ2v) is 6.61. The molecule has 3 rings (SSSR count). The maximum absolute atomic E-state index is 12.0. The minimum Gasteiger partial charge on any atom is -0.326 e. The average Bonchev–Trinajstić information content (AvgIpc) is 3.35. The van der Waals surface area contributed by atoms with Crippen molar-refractivity contribution < 1.29 is 14.4 Å². The second-order valence-electron chi connectivity index (χ2n) is 5.63. The van der Waals surface area contributed by atoms with E-state index in [1.807, 2.05) is 17.5 Å².